The molecule has 4 nitrogen and oxygen atoms in total. The van der Waals surface area contributed by atoms with Crippen molar-refractivity contribution >= 4 is 16.9 Å². The van der Waals surface area contributed by atoms with Gasteiger partial charge < -0.3 is 15.4 Å². The minimum atomic E-state index is -4.44. The Kier molecular flexibility index (Phi) is 3.47. The predicted octanol–water partition coefficient (Wildman–Crippen LogP) is 2.76. The molecule has 0 bridgehead atoms. The van der Waals surface area contributed by atoms with E-state index in [0.29, 0.717) is 17.4 Å². The summed E-state index contributed by atoms with van der Waals surface area (Å²) in [7, 11) is 0. The van der Waals surface area contributed by atoms with Gasteiger partial charge in [-0.2, -0.15) is 13.2 Å². The van der Waals surface area contributed by atoms with Crippen molar-refractivity contribution in [2.75, 3.05) is 0 Å². The molecule has 1 heterocycles. The Bertz CT molecular complexity index is 661. The minimum absolute atomic E-state index is 0.286. The summed E-state index contributed by atoms with van der Waals surface area (Å²) in [5.41, 5.74) is 5.40. The number of carboxylic acid groups (broad SMARTS) is 1. The molecule has 0 aliphatic rings. The van der Waals surface area contributed by atoms with Crippen molar-refractivity contribution in [1.82, 2.24) is 4.57 Å². The second-order valence-corrected chi connectivity index (χ2v) is 4.40. The van der Waals surface area contributed by atoms with E-state index in [4.69, 9.17) is 10.8 Å². The first kappa shape index (κ1) is 14.4. The van der Waals surface area contributed by atoms with Gasteiger partial charge in [0.25, 0.3) is 0 Å². The molecule has 1 unspecified atom stereocenters. The molecule has 0 saturated carbocycles. The molecular weight excluding hydrogens is 273 g/mol. The zero-order chi connectivity index (χ0) is 15.1. The average Bonchev–Trinajstić information content (AvgIpc) is 2.73. The third-order valence-corrected chi connectivity index (χ3v) is 3.16. The number of benzene rings is 1. The highest BCUT2D eigenvalue weighted by Gasteiger charge is 2.31. The highest BCUT2D eigenvalue weighted by molar-refractivity contribution is 5.85. The summed E-state index contributed by atoms with van der Waals surface area (Å²) in [4.78, 5) is 11.0. The van der Waals surface area contributed by atoms with E-state index < -0.39 is 23.8 Å². The molecule has 0 saturated heterocycles. The highest BCUT2D eigenvalue weighted by atomic mass is 19.4. The van der Waals surface area contributed by atoms with Crippen molar-refractivity contribution in [3.63, 3.8) is 0 Å². The van der Waals surface area contributed by atoms with Crippen LogP contribution in [0, 0.1) is 0 Å². The lowest BCUT2D eigenvalue weighted by Crippen LogP contribution is -2.23. The monoisotopic (exact) mass is 286 g/mol. The van der Waals surface area contributed by atoms with Gasteiger partial charge in [0.1, 0.15) is 6.04 Å². The number of hydrogen-bond acceptors (Lipinski definition) is 2. The van der Waals surface area contributed by atoms with Crippen LogP contribution in [-0.2, 0) is 17.5 Å². The van der Waals surface area contributed by atoms with Gasteiger partial charge in [0.15, 0.2) is 0 Å². The molecule has 0 spiro atoms. The Morgan fingerprint density at radius 3 is 2.55 bits per heavy atom. The zero-order valence-corrected chi connectivity index (χ0v) is 10.6. The van der Waals surface area contributed by atoms with Crippen molar-refractivity contribution < 1.29 is 23.1 Å². The third kappa shape index (κ3) is 2.36. The molecule has 3 N–H and O–H groups in total. The number of alkyl halides is 3. The van der Waals surface area contributed by atoms with Crippen LogP contribution in [-0.4, -0.2) is 15.6 Å². The number of aliphatic carboxylic acids is 1. The van der Waals surface area contributed by atoms with Gasteiger partial charge in [0.2, 0.25) is 0 Å². The van der Waals surface area contributed by atoms with Crippen LogP contribution in [0.5, 0.6) is 0 Å². The van der Waals surface area contributed by atoms with Crippen LogP contribution in [0.4, 0.5) is 13.2 Å². The van der Waals surface area contributed by atoms with E-state index in [0.717, 1.165) is 12.1 Å². The Labute approximate surface area is 112 Å². The maximum atomic E-state index is 12.7. The first-order valence-electron chi connectivity index (χ1n) is 5.94. The second-order valence-electron chi connectivity index (χ2n) is 4.40. The van der Waals surface area contributed by atoms with Gasteiger partial charge in [-0.3, -0.25) is 4.79 Å². The molecule has 1 aromatic heterocycles. The summed E-state index contributed by atoms with van der Waals surface area (Å²) < 4.78 is 39.6. The summed E-state index contributed by atoms with van der Waals surface area (Å²) >= 11 is 0. The third-order valence-electron chi connectivity index (χ3n) is 3.16. The maximum Gasteiger partial charge on any atom is 0.416 e. The lowest BCUT2D eigenvalue weighted by atomic mass is 10.1. The van der Waals surface area contributed by atoms with E-state index in [1.165, 1.54) is 16.7 Å². The number of halogens is 3. The normalized spacial score (nSPS) is 13.7. The van der Waals surface area contributed by atoms with Gasteiger partial charge in [0.05, 0.1) is 5.56 Å². The van der Waals surface area contributed by atoms with Gasteiger partial charge in [-0.1, -0.05) is 6.07 Å². The molecule has 0 radical (unpaired) electrons. The molecule has 0 fully saturated rings. The lowest BCUT2D eigenvalue weighted by Gasteiger charge is -2.12. The molecule has 7 heteroatoms. The first-order chi connectivity index (χ1) is 9.25. The van der Waals surface area contributed by atoms with Crippen molar-refractivity contribution in [3.05, 3.63) is 35.5 Å². The second kappa shape index (κ2) is 4.82. The van der Waals surface area contributed by atoms with E-state index in [-0.39, 0.29) is 5.69 Å². The Balaban J connectivity index is 2.67. The summed E-state index contributed by atoms with van der Waals surface area (Å²) in [5.74, 6) is -1.22. The zero-order valence-electron chi connectivity index (χ0n) is 10.6. The van der Waals surface area contributed by atoms with Crippen molar-refractivity contribution in [3.8, 4) is 0 Å². The van der Waals surface area contributed by atoms with Crippen LogP contribution >= 0.6 is 0 Å². The minimum Gasteiger partial charge on any atom is -0.480 e. The largest absolute Gasteiger partial charge is 0.480 e. The van der Waals surface area contributed by atoms with Gasteiger partial charge in [-0.05, 0) is 30.5 Å². The fourth-order valence-electron chi connectivity index (χ4n) is 2.19. The quantitative estimate of drug-likeness (QED) is 0.911. The summed E-state index contributed by atoms with van der Waals surface area (Å²) in [6.45, 7) is 2.05. The number of aryl methyl sites for hydroxylation is 1. The van der Waals surface area contributed by atoms with Crippen molar-refractivity contribution in [1.29, 1.82) is 0 Å². The number of carboxylic acids is 1. The molecule has 20 heavy (non-hydrogen) atoms. The lowest BCUT2D eigenvalue weighted by molar-refractivity contribution is -0.139. The van der Waals surface area contributed by atoms with Gasteiger partial charge in [-0.25, -0.2) is 0 Å². The number of hydrogen-bond donors (Lipinski definition) is 2. The van der Waals surface area contributed by atoms with Gasteiger partial charge >= 0.3 is 12.1 Å². The van der Waals surface area contributed by atoms with Crippen LogP contribution < -0.4 is 5.73 Å². The number of nitrogens with zero attached hydrogens (tertiary/aromatic N) is 1. The van der Waals surface area contributed by atoms with Crippen LogP contribution in [0.2, 0.25) is 0 Å². The van der Waals surface area contributed by atoms with E-state index in [2.05, 4.69) is 0 Å². The molecule has 108 valence electrons. The molecule has 2 aromatic rings. The number of fused-ring (bicyclic) bond motifs is 1. The van der Waals surface area contributed by atoms with E-state index in [1.54, 1.807) is 6.92 Å². The number of carbonyl (C=O) groups is 1. The number of rotatable bonds is 3. The van der Waals surface area contributed by atoms with Crippen molar-refractivity contribution in [2.45, 2.75) is 25.7 Å². The fraction of sp³-hybridized carbons (Fsp3) is 0.308. The van der Waals surface area contributed by atoms with Crippen molar-refractivity contribution in [2.24, 2.45) is 5.73 Å². The molecule has 0 amide bonds. The fourth-order valence-corrected chi connectivity index (χ4v) is 2.19. The molecule has 0 aliphatic heterocycles. The van der Waals surface area contributed by atoms with Crippen LogP contribution in [0.15, 0.2) is 24.3 Å². The number of aromatic nitrogens is 1. The standard InChI is InChI=1S/C13H13F3N2O2/c1-2-18-9-6-8(13(14,15)16)4-3-7(9)5-10(18)11(17)12(19)20/h3-6,11H,2,17H2,1H3,(H,19,20). The smallest absolute Gasteiger partial charge is 0.416 e. The summed E-state index contributed by atoms with van der Waals surface area (Å²) in [6.07, 6.45) is -4.44. The van der Waals surface area contributed by atoms with Crippen LogP contribution in [0.25, 0.3) is 10.9 Å². The highest BCUT2D eigenvalue weighted by Crippen LogP contribution is 2.33. The Morgan fingerprint density at radius 1 is 1.40 bits per heavy atom. The van der Waals surface area contributed by atoms with Gasteiger partial charge in [0, 0.05) is 17.8 Å². The average molecular weight is 286 g/mol. The topological polar surface area (TPSA) is 68.2 Å². The first-order valence-corrected chi connectivity index (χ1v) is 5.94. The predicted molar refractivity (Wildman–Crippen MR) is 67.2 cm³/mol. The van der Waals surface area contributed by atoms with Crippen LogP contribution in [0.1, 0.15) is 24.2 Å². The molecule has 1 atom stereocenters. The molecule has 1 aromatic carbocycles. The van der Waals surface area contributed by atoms with Gasteiger partial charge in [-0.15, -0.1) is 0 Å². The number of nitrogens with two attached hydrogens (primary N) is 1. The summed E-state index contributed by atoms with van der Waals surface area (Å²) in [5, 5.41) is 9.48. The maximum absolute atomic E-state index is 12.7. The molecular formula is C13H13F3N2O2. The van der Waals surface area contributed by atoms with E-state index in [9.17, 15) is 18.0 Å². The summed E-state index contributed by atoms with van der Waals surface area (Å²) in [6, 6.07) is 3.55. The Hall–Kier alpha value is -2.02. The van der Waals surface area contributed by atoms with E-state index in [1.807, 2.05) is 0 Å². The van der Waals surface area contributed by atoms with Crippen LogP contribution in [0.3, 0.4) is 0 Å². The van der Waals surface area contributed by atoms with E-state index >= 15 is 0 Å². The SMILES string of the molecule is CCn1c(C(N)C(=O)O)cc2ccc(C(F)(F)F)cc21. The Morgan fingerprint density at radius 2 is 2.05 bits per heavy atom. The molecule has 0 aliphatic carbocycles. The molecule has 2 rings (SSSR count).